The molecule has 5 nitrogen and oxygen atoms in total. The van der Waals surface area contributed by atoms with Crippen LogP contribution in [0.1, 0.15) is 46.0 Å². The van der Waals surface area contributed by atoms with Crippen LogP contribution >= 0.6 is 23.4 Å². The number of unbranched alkanes of at least 4 members (excludes halogenated alkanes) is 1. The standard InChI is InChI=1S/C17H26ClNO4S2/c1-3-5-7-13(4-2)12-23-16(20)10-11-24-14-8-6-9-15(17(14)18)25(19,21)22/h6,8-9,13H,3-5,7,10-12H2,1-2H3,(H2,19,21,22). The molecule has 0 aromatic heterocycles. The molecule has 0 fully saturated rings. The van der Waals surface area contributed by atoms with Crippen molar-refractivity contribution >= 4 is 39.4 Å². The van der Waals surface area contributed by atoms with E-state index in [1.807, 2.05) is 0 Å². The van der Waals surface area contributed by atoms with E-state index in [0.29, 0.717) is 23.2 Å². The zero-order valence-electron chi connectivity index (χ0n) is 14.7. The Balaban J connectivity index is 2.46. The van der Waals surface area contributed by atoms with Crippen LogP contribution in [0.5, 0.6) is 0 Å². The molecule has 1 aromatic carbocycles. The van der Waals surface area contributed by atoms with Gasteiger partial charge in [0.05, 0.1) is 18.1 Å². The van der Waals surface area contributed by atoms with Crippen LogP contribution in [0.2, 0.25) is 5.02 Å². The lowest BCUT2D eigenvalue weighted by molar-refractivity contribution is -0.144. The first-order valence-electron chi connectivity index (χ1n) is 8.39. The van der Waals surface area contributed by atoms with Crippen molar-refractivity contribution in [3.63, 3.8) is 0 Å². The van der Waals surface area contributed by atoms with E-state index in [0.717, 1.165) is 25.7 Å². The Morgan fingerprint density at radius 1 is 1.36 bits per heavy atom. The summed E-state index contributed by atoms with van der Waals surface area (Å²) in [7, 11) is -3.86. The molecule has 0 aliphatic rings. The minimum absolute atomic E-state index is 0.0916. The molecule has 0 heterocycles. The number of esters is 1. The Morgan fingerprint density at radius 3 is 2.68 bits per heavy atom. The topological polar surface area (TPSA) is 86.5 Å². The predicted octanol–water partition coefficient (Wildman–Crippen LogP) is 4.23. The number of hydrogen-bond donors (Lipinski definition) is 1. The van der Waals surface area contributed by atoms with E-state index >= 15 is 0 Å². The van der Waals surface area contributed by atoms with Gasteiger partial charge in [-0.2, -0.15) is 0 Å². The maximum absolute atomic E-state index is 11.9. The van der Waals surface area contributed by atoms with Crippen LogP contribution in [0.4, 0.5) is 0 Å². The first-order valence-corrected chi connectivity index (χ1v) is 11.3. The van der Waals surface area contributed by atoms with Crippen LogP contribution < -0.4 is 5.14 Å². The van der Waals surface area contributed by atoms with Crippen LogP contribution in [-0.2, 0) is 19.6 Å². The third-order valence-electron chi connectivity index (χ3n) is 3.82. The number of nitrogens with two attached hydrogens (primary N) is 1. The summed E-state index contributed by atoms with van der Waals surface area (Å²) in [5.74, 6) is 0.622. The molecule has 25 heavy (non-hydrogen) atoms. The number of hydrogen-bond acceptors (Lipinski definition) is 5. The normalized spacial score (nSPS) is 12.8. The van der Waals surface area contributed by atoms with E-state index in [4.69, 9.17) is 21.5 Å². The van der Waals surface area contributed by atoms with Gasteiger partial charge in [0.15, 0.2) is 0 Å². The van der Waals surface area contributed by atoms with Crippen LogP contribution in [0.3, 0.4) is 0 Å². The third kappa shape index (κ3) is 7.98. The van der Waals surface area contributed by atoms with Gasteiger partial charge in [0, 0.05) is 10.6 Å². The van der Waals surface area contributed by atoms with Gasteiger partial charge in [-0.25, -0.2) is 13.6 Å². The Bertz CT molecular complexity index is 665. The highest BCUT2D eigenvalue weighted by Gasteiger charge is 2.16. The zero-order valence-corrected chi connectivity index (χ0v) is 17.1. The second kappa shape index (κ2) is 11.1. The number of halogens is 1. The van der Waals surface area contributed by atoms with Gasteiger partial charge < -0.3 is 4.74 Å². The van der Waals surface area contributed by atoms with E-state index in [1.54, 1.807) is 12.1 Å². The number of sulfonamides is 1. The Hall–Kier alpha value is -0.760. The molecule has 1 unspecified atom stereocenters. The van der Waals surface area contributed by atoms with Gasteiger partial charge in [0.2, 0.25) is 10.0 Å². The molecule has 0 aliphatic heterocycles. The minimum Gasteiger partial charge on any atom is -0.465 e. The third-order valence-corrected chi connectivity index (χ3v) is 6.47. The summed E-state index contributed by atoms with van der Waals surface area (Å²) >= 11 is 7.39. The SMILES string of the molecule is CCCCC(CC)COC(=O)CCSc1cccc(S(N)(=O)=O)c1Cl. The molecule has 0 saturated heterocycles. The zero-order chi connectivity index (χ0) is 18.9. The van der Waals surface area contributed by atoms with Crippen molar-refractivity contribution in [1.82, 2.24) is 0 Å². The van der Waals surface area contributed by atoms with Crippen molar-refractivity contribution in [2.45, 2.75) is 55.7 Å². The van der Waals surface area contributed by atoms with Gasteiger partial charge >= 0.3 is 5.97 Å². The molecular weight excluding hydrogens is 382 g/mol. The van der Waals surface area contributed by atoms with Crippen molar-refractivity contribution in [3.05, 3.63) is 23.2 Å². The van der Waals surface area contributed by atoms with E-state index < -0.39 is 10.0 Å². The first-order chi connectivity index (χ1) is 11.8. The molecule has 8 heteroatoms. The quantitative estimate of drug-likeness (QED) is 0.438. The van der Waals surface area contributed by atoms with Crippen molar-refractivity contribution in [1.29, 1.82) is 0 Å². The molecule has 1 rings (SSSR count). The average Bonchev–Trinajstić information content (AvgIpc) is 2.55. The van der Waals surface area contributed by atoms with Crippen LogP contribution in [0.25, 0.3) is 0 Å². The van der Waals surface area contributed by atoms with E-state index in [1.165, 1.54) is 17.8 Å². The van der Waals surface area contributed by atoms with Gasteiger partial charge in [0.25, 0.3) is 0 Å². The molecule has 0 spiro atoms. The second-order valence-electron chi connectivity index (χ2n) is 5.81. The largest absolute Gasteiger partial charge is 0.465 e. The molecule has 0 saturated carbocycles. The number of ether oxygens (including phenoxy) is 1. The van der Waals surface area contributed by atoms with Gasteiger partial charge in [-0.05, 0) is 24.5 Å². The highest BCUT2D eigenvalue weighted by atomic mass is 35.5. The fourth-order valence-electron chi connectivity index (χ4n) is 2.25. The fraction of sp³-hybridized carbons (Fsp3) is 0.588. The first kappa shape index (κ1) is 22.3. The molecular formula is C17H26ClNO4S2. The smallest absolute Gasteiger partial charge is 0.306 e. The molecule has 0 radical (unpaired) electrons. The fourth-order valence-corrected chi connectivity index (χ4v) is 4.45. The van der Waals surface area contributed by atoms with E-state index in [9.17, 15) is 13.2 Å². The number of carbonyl (C=O) groups is 1. The van der Waals surface area contributed by atoms with Crippen LogP contribution in [-0.4, -0.2) is 26.7 Å². The van der Waals surface area contributed by atoms with Crippen molar-refractivity contribution in [2.75, 3.05) is 12.4 Å². The summed E-state index contributed by atoms with van der Waals surface area (Å²) in [5, 5.41) is 5.22. The molecule has 142 valence electrons. The van der Waals surface area contributed by atoms with E-state index in [-0.39, 0.29) is 22.3 Å². The van der Waals surface area contributed by atoms with Crippen LogP contribution in [0, 0.1) is 5.92 Å². The van der Waals surface area contributed by atoms with Crippen LogP contribution in [0.15, 0.2) is 28.0 Å². The summed E-state index contributed by atoms with van der Waals surface area (Å²) in [5.41, 5.74) is 0. The van der Waals surface area contributed by atoms with Crippen molar-refractivity contribution in [2.24, 2.45) is 11.1 Å². The lowest BCUT2D eigenvalue weighted by Gasteiger charge is -2.14. The molecule has 0 aliphatic carbocycles. The summed E-state index contributed by atoms with van der Waals surface area (Å²) in [4.78, 5) is 12.3. The molecule has 2 N–H and O–H groups in total. The lowest BCUT2D eigenvalue weighted by Crippen LogP contribution is -2.14. The second-order valence-corrected chi connectivity index (χ2v) is 8.86. The summed E-state index contributed by atoms with van der Waals surface area (Å²) in [6.45, 7) is 4.71. The van der Waals surface area contributed by atoms with Gasteiger partial charge in [-0.15, -0.1) is 11.8 Å². The number of thioether (sulfide) groups is 1. The number of rotatable bonds is 11. The van der Waals surface area contributed by atoms with Gasteiger partial charge in [-0.3, -0.25) is 4.79 Å². The number of primary sulfonamides is 1. The monoisotopic (exact) mass is 407 g/mol. The maximum atomic E-state index is 11.9. The lowest BCUT2D eigenvalue weighted by atomic mass is 10.0. The summed E-state index contributed by atoms with van der Waals surface area (Å²) in [6.07, 6.45) is 4.60. The highest BCUT2D eigenvalue weighted by molar-refractivity contribution is 7.99. The van der Waals surface area contributed by atoms with Crippen molar-refractivity contribution < 1.29 is 17.9 Å². The number of benzene rings is 1. The Labute approximate surface area is 159 Å². The molecule has 0 bridgehead atoms. The summed E-state index contributed by atoms with van der Waals surface area (Å²) < 4.78 is 28.2. The van der Waals surface area contributed by atoms with Gasteiger partial charge in [-0.1, -0.05) is 50.8 Å². The molecule has 0 amide bonds. The van der Waals surface area contributed by atoms with Gasteiger partial charge in [0.1, 0.15) is 4.90 Å². The summed E-state index contributed by atoms with van der Waals surface area (Å²) in [6, 6.07) is 4.63. The molecule has 1 atom stereocenters. The Morgan fingerprint density at radius 2 is 2.08 bits per heavy atom. The highest BCUT2D eigenvalue weighted by Crippen LogP contribution is 2.32. The van der Waals surface area contributed by atoms with Crippen molar-refractivity contribution in [3.8, 4) is 0 Å². The Kier molecular flexibility index (Phi) is 9.86. The molecule has 1 aromatic rings. The van der Waals surface area contributed by atoms with E-state index in [2.05, 4.69) is 13.8 Å². The average molecular weight is 408 g/mol. The predicted molar refractivity (Wildman–Crippen MR) is 102 cm³/mol. The number of carbonyl (C=O) groups excluding carboxylic acids is 1. The maximum Gasteiger partial charge on any atom is 0.306 e. The minimum atomic E-state index is -3.86.